The molecule has 0 spiro atoms. The first-order chi connectivity index (χ1) is 8.20. The number of nitrogens with one attached hydrogen (secondary N) is 1. The average molecular weight is 250 g/mol. The summed E-state index contributed by atoms with van der Waals surface area (Å²) in [5.74, 6) is 0.825. The fourth-order valence-corrected chi connectivity index (χ4v) is 2.45. The number of benzene rings is 1. The maximum Gasteiger partial charge on any atom is 0.120 e. The van der Waals surface area contributed by atoms with Crippen molar-refractivity contribution in [2.75, 3.05) is 12.4 Å². The molecule has 0 radical (unpaired) electrons. The third-order valence-electron chi connectivity index (χ3n) is 3.21. The quantitative estimate of drug-likeness (QED) is 0.807. The first-order valence-corrected chi connectivity index (χ1v) is 6.36. The molecule has 0 heterocycles. The van der Waals surface area contributed by atoms with E-state index in [-0.39, 0.29) is 0 Å². The molecular formula is C13H18N2OS. The summed E-state index contributed by atoms with van der Waals surface area (Å²) < 4.78 is 5.23. The second kappa shape index (κ2) is 5.36. The van der Waals surface area contributed by atoms with E-state index in [2.05, 4.69) is 5.32 Å². The van der Waals surface area contributed by atoms with Crippen LogP contribution in [0.15, 0.2) is 18.2 Å². The van der Waals surface area contributed by atoms with Gasteiger partial charge in [0.15, 0.2) is 0 Å². The van der Waals surface area contributed by atoms with Crippen LogP contribution in [0, 0.1) is 0 Å². The minimum absolute atomic E-state index is 0.424. The van der Waals surface area contributed by atoms with E-state index in [1.165, 1.54) is 25.7 Å². The zero-order valence-electron chi connectivity index (χ0n) is 10.0. The van der Waals surface area contributed by atoms with Crippen molar-refractivity contribution < 1.29 is 4.74 Å². The predicted octanol–water partition coefficient (Wildman–Crippen LogP) is 2.68. The Labute approximate surface area is 107 Å². The molecule has 3 N–H and O–H groups in total. The molecule has 0 unspecified atom stereocenters. The molecule has 1 aromatic rings. The van der Waals surface area contributed by atoms with Gasteiger partial charge >= 0.3 is 0 Å². The average Bonchev–Trinajstić information content (AvgIpc) is 2.81. The van der Waals surface area contributed by atoms with Gasteiger partial charge in [0.25, 0.3) is 0 Å². The Kier molecular flexibility index (Phi) is 3.84. The van der Waals surface area contributed by atoms with Crippen molar-refractivity contribution in [2.24, 2.45) is 5.73 Å². The molecule has 1 saturated carbocycles. The van der Waals surface area contributed by atoms with Crippen molar-refractivity contribution in [1.82, 2.24) is 0 Å². The van der Waals surface area contributed by atoms with E-state index >= 15 is 0 Å². The summed E-state index contributed by atoms with van der Waals surface area (Å²) >= 11 is 5.07. The Morgan fingerprint density at radius 2 is 2.12 bits per heavy atom. The van der Waals surface area contributed by atoms with Crippen molar-refractivity contribution in [2.45, 2.75) is 31.7 Å². The molecule has 0 bridgehead atoms. The van der Waals surface area contributed by atoms with Gasteiger partial charge in [-0.1, -0.05) is 25.1 Å². The molecule has 1 aromatic carbocycles. The summed E-state index contributed by atoms with van der Waals surface area (Å²) in [6, 6.07) is 6.30. The fourth-order valence-electron chi connectivity index (χ4n) is 2.27. The smallest absolute Gasteiger partial charge is 0.120 e. The van der Waals surface area contributed by atoms with Gasteiger partial charge in [0.1, 0.15) is 10.7 Å². The maximum atomic E-state index is 5.73. The summed E-state index contributed by atoms with van der Waals surface area (Å²) in [4.78, 5) is 0.424. The molecule has 0 amide bonds. The van der Waals surface area contributed by atoms with Crippen molar-refractivity contribution in [1.29, 1.82) is 0 Å². The van der Waals surface area contributed by atoms with Crippen LogP contribution in [0.1, 0.15) is 31.2 Å². The van der Waals surface area contributed by atoms with Crippen molar-refractivity contribution in [3.8, 4) is 5.75 Å². The zero-order valence-corrected chi connectivity index (χ0v) is 10.8. The molecule has 2 rings (SSSR count). The number of rotatable bonds is 4. The molecule has 1 aliphatic rings. The topological polar surface area (TPSA) is 47.3 Å². The van der Waals surface area contributed by atoms with Crippen LogP contribution in [0.25, 0.3) is 0 Å². The molecule has 92 valence electrons. The standard InChI is InChI=1S/C13H18N2OS/c1-16-10-6-7-11(13(14)17)12(8-10)15-9-4-2-3-5-9/h6-9,15H,2-5H2,1H3,(H2,14,17). The molecular weight excluding hydrogens is 232 g/mol. The highest BCUT2D eigenvalue weighted by Crippen LogP contribution is 2.27. The first-order valence-electron chi connectivity index (χ1n) is 5.95. The molecule has 4 heteroatoms. The van der Waals surface area contributed by atoms with Crippen LogP contribution in [0.2, 0.25) is 0 Å². The largest absolute Gasteiger partial charge is 0.497 e. The van der Waals surface area contributed by atoms with Crippen LogP contribution >= 0.6 is 12.2 Å². The number of anilines is 1. The number of methoxy groups -OCH3 is 1. The van der Waals surface area contributed by atoms with Crippen LogP contribution in [-0.4, -0.2) is 18.1 Å². The Morgan fingerprint density at radius 1 is 1.41 bits per heavy atom. The van der Waals surface area contributed by atoms with Crippen LogP contribution in [-0.2, 0) is 0 Å². The number of hydrogen-bond acceptors (Lipinski definition) is 3. The number of nitrogens with two attached hydrogens (primary N) is 1. The Bertz CT molecular complexity index is 414. The fraction of sp³-hybridized carbons (Fsp3) is 0.462. The maximum absolute atomic E-state index is 5.73. The van der Waals surface area contributed by atoms with E-state index in [9.17, 15) is 0 Å². The molecule has 17 heavy (non-hydrogen) atoms. The number of ether oxygens (including phenoxy) is 1. The highest BCUT2D eigenvalue weighted by Gasteiger charge is 2.16. The molecule has 0 aromatic heterocycles. The van der Waals surface area contributed by atoms with Gasteiger partial charge < -0.3 is 15.8 Å². The summed E-state index contributed by atoms with van der Waals surface area (Å²) in [6.45, 7) is 0. The third kappa shape index (κ3) is 2.88. The minimum atomic E-state index is 0.424. The summed E-state index contributed by atoms with van der Waals surface area (Å²) in [5.41, 5.74) is 7.62. The molecule has 3 nitrogen and oxygen atoms in total. The van der Waals surface area contributed by atoms with Gasteiger partial charge in [-0.2, -0.15) is 0 Å². The van der Waals surface area contributed by atoms with Gasteiger partial charge in [0.05, 0.1) is 7.11 Å². The van der Waals surface area contributed by atoms with E-state index in [0.29, 0.717) is 11.0 Å². The first kappa shape index (κ1) is 12.2. The highest BCUT2D eigenvalue weighted by molar-refractivity contribution is 7.80. The molecule has 0 atom stereocenters. The van der Waals surface area contributed by atoms with Crippen LogP contribution in [0.5, 0.6) is 5.75 Å². The molecule has 0 aliphatic heterocycles. The van der Waals surface area contributed by atoms with Crippen molar-refractivity contribution in [3.63, 3.8) is 0 Å². The van der Waals surface area contributed by atoms with Crippen molar-refractivity contribution >= 4 is 22.9 Å². The summed E-state index contributed by atoms with van der Waals surface area (Å²) in [5, 5.41) is 3.52. The zero-order chi connectivity index (χ0) is 12.3. The number of thiocarbonyl (C=S) groups is 1. The van der Waals surface area contributed by atoms with E-state index in [4.69, 9.17) is 22.7 Å². The van der Waals surface area contributed by atoms with Crippen LogP contribution in [0.3, 0.4) is 0 Å². The highest BCUT2D eigenvalue weighted by atomic mass is 32.1. The van der Waals surface area contributed by atoms with Gasteiger partial charge in [0.2, 0.25) is 0 Å². The summed E-state index contributed by atoms with van der Waals surface area (Å²) in [7, 11) is 1.66. The lowest BCUT2D eigenvalue weighted by Gasteiger charge is -2.17. The predicted molar refractivity (Wildman–Crippen MR) is 74.8 cm³/mol. The Balaban J connectivity index is 2.24. The molecule has 1 fully saturated rings. The van der Waals surface area contributed by atoms with Crippen molar-refractivity contribution in [3.05, 3.63) is 23.8 Å². The monoisotopic (exact) mass is 250 g/mol. The van der Waals surface area contributed by atoms with E-state index < -0.39 is 0 Å². The van der Waals surface area contributed by atoms with Gasteiger partial charge in [-0.3, -0.25) is 0 Å². The normalized spacial score (nSPS) is 15.8. The Hall–Kier alpha value is -1.29. The van der Waals surface area contributed by atoms with Gasteiger partial charge in [0, 0.05) is 23.4 Å². The van der Waals surface area contributed by atoms with Gasteiger partial charge in [-0.15, -0.1) is 0 Å². The van der Waals surface area contributed by atoms with E-state index in [0.717, 1.165) is 17.0 Å². The Morgan fingerprint density at radius 3 is 2.71 bits per heavy atom. The lowest BCUT2D eigenvalue weighted by atomic mass is 10.1. The second-order valence-corrected chi connectivity index (χ2v) is 4.84. The van der Waals surface area contributed by atoms with E-state index in [1.807, 2.05) is 18.2 Å². The second-order valence-electron chi connectivity index (χ2n) is 4.40. The molecule has 0 saturated heterocycles. The van der Waals surface area contributed by atoms with Gasteiger partial charge in [-0.25, -0.2) is 0 Å². The third-order valence-corrected chi connectivity index (χ3v) is 3.43. The lowest BCUT2D eigenvalue weighted by Crippen LogP contribution is -2.19. The van der Waals surface area contributed by atoms with Crippen LogP contribution in [0.4, 0.5) is 5.69 Å². The number of hydrogen-bond donors (Lipinski definition) is 2. The molecule has 1 aliphatic carbocycles. The lowest BCUT2D eigenvalue weighted by molar-refractivity contribution is 0.415. The minimum Gasteiger partial charge on any atom is -0.497 e. The van der Waals surface area contributed by atoms with E-state index in [1.54, 1.807) is 7.11 Å². The van der Waals surface area contributed by atoms with Crippen LogP contribution < -0.4 is 15.8 Å². The summed E-state index contributed by atoms with van der Waals surface area (Å²) in [6.07, 6.45) is 5.02. The van der Waals surface area contributed by atoms with Gasteiger partial charge in [-0.05, 0) is 25.0 Å². The SMILES string of the molecule is COc1ccc(C(N)=S)c(NC2CCCC2)c1.